The molecule has 0 saturated heterocycles. The number of para-hydroxylation sites is 1. The highest BCUT2D eigenvalue weighted by Gasteiger charge is 2.34. The largest absolute Gasteiger partial charge is 0.497 e. The number of benzene rings is 3. The minimum absolute atomic E-state index is 0.285. The number of anilines is 1. The lowest BCUT2D eigenvalue weighted by Gasteiger charge is -2.37. The maximum atomic E-state index is 5.84. The van der Waals surface area contributed by atoms with E-state index in [9.17, 15) is 0 Å². The standard InChI is InChI=1S/C28H26N4O3S/c1-4-34-22-15-13-19(14-16-22)25-24(18(2)32(28(36)29-25)21-10-6-5-7-11-21)27-30-26(31-35-27)20-9-8-12-23(17-20)33-3/h5-17,25H,4H2,1-3H3,(H,29,36). The molecule has 0 amide bonds. The molecule has 0 bridgehead atoms. The molecule has 1 N–H and O–H groups in total. The molecule has 0 aliphatic carbocycles. The van der Waals surface area contributed by atoms with E-state index >= 15 is 0 Å². The number of hydrogen-bond acceptors (Lipinski definition) is 6. The summed E-state index contributed by atoms with van der Waals surface area (Å²) in [5, 5.41) is 8.36. The molecule has 2 heterocycles. The smallest absolute Gasteiger partial charge is 0.258 e. The van der Waals surface area contributed by atoms with Gasteiger partial charge in [0.2, 0.25) is 5.82 Å². The molecule has 1 aliphatic heterocycles. The van der Waals surface area contributed by atoms with E-state index in [2.05, 4.69) is 10.5 Å². The molecule has 0 spiro atoms. The highest BCUT2D eigenvalue weighted by Crippen LogP contribution is 2.39. The fourth-order valence-electron chi connectivity index (χ4n) is 4.29. The van der Waals surface area contributed by atoms with Crippen LogP contribution in [0.4, 0.5) is 5.69 Å². The first-order chi connectivity index (χ1) is 17.6. The first-order valence-corrected chi connectivity index (χ1v) is 12.1. The Balaban J connectivity index is 1.61. The van der Waals surface area contributed by atoms with Gasteiger partial charge in [-0.05, 0) is 68.0 Å². The Morgan fingerprint density at radius 1 is 1.00 bits per heavy atom. The number of nitrogens with zero attached hydrogens (tertiary/aromatic N) is 3. The van der Waals surface area contributed by atoms with Crippen molar-refractivity contribution in [3.63, 3.8) is 0 Å². The molecule has 36 heavy (non-hydrogen) atoms. The summed E-state index contributed by atoms with van der Waals surface area (Å²) >= 11 is 5.82. The highest BCUT2D eigenvalue weighted by atomic mass is 32.1. The monoisotopic (exact) mass is 498 g/mol. The van der Waals surface area contributed by atoms with Crippen LogP contribution in [0.25, 0.3) is 17.0 Å². The molecule has 1 unspecified atom stereocenters. The van der Waals surface area contributed by atoms with E-state index in [4.69, 9.17) is 31.2 Å². The van der Waals surface area contributed by atoms with E-state index in [1.807, 2.05) is 97.6 Å². The first kappa shape index (κ1) is 23.6. The van der Waals surface area contributed by atoms with E-state index in [1.54, 1.807) is 7.11 Å². The molecule has 4 aromatic rings. The lowest BCUT2D eigenvalue weighted by Crippen LogP contribution is -2.46. The summed E-state index contributed by atoms with van der Waals surface area (Å²) < 4.78 is 16.8. The van der Waals surface area contributed by atoms with Crippen LogP contribution in [0.15, 0.2) is 89.1 Å². The summed E-state index contributed by atoms with van der Waals surface area (Å²) in [6.45, 7) is 4.59. The van der Waals surface area contributed by atoms with Gasteiger partial charge >= 0.3 is 0 Å². The zero-order valence-electron chi connectivity index (χ0n) is 20.3. The van der Waals surface area contributed by atoms with Gasteiger partial charge in [-0.25, -0.2) is 0 Å². The third-order valence-corrected chi connectivity index (χ3v) is 6.31. The number of nitrogens with one attached hydrogen (secondary N) is 1. The second-order valence-corrected chi connectivity index (χ2v) is 8.60. The third-order valence-electron chi connectivity index (χ3n) is 6.01. The van der Waals surface area contributed by atoms with Crippen LogP contribution in [0, 0.1) is 0 Å². The molecule has 1 aromatic heterocycles. The summed E-state index contributed by atoms with van der Waals surface area (Å²) in [5.74, 6) is 2.43. The van der Waals surface area contributed by atoms with Crippen molar-refractivity contribution >= 4 is 28.6 Å². The van der Waals surface area contributed by atoms with Gasteiger partial charge in [0.25, 0.3) is 5.89 Å². The number of methoxy groups -OCH3 is 1. The first-order valence-electron chi connectivity index (χ1n) is 11.7. The Morgan fingerprint density at radius 2 is 1.78 bits per heavy atom. The van der Waals surface area contributed by atoms with Gasteiger partial charge in [0.1, 0.15) is 11.5 Å². The molecule has 3 aromatic carbocycles. The van der Waals surface area contributed by atoms with E-state index in [1.165, 1.54) is 0 Å². The number of rotatable bonds is 7. The van der Waals surface area contributed by atoms with Gasteiger partial charge in [-0.1, -0.05) is 47.6 Å². The number of ether oxygens (including phenoxy) is 2. The van der Waals surface area contributed by atoms with E-state index in [0.29, 0.717) is 23.4 Å². The predicted molar refractivity (Wildman–Crippen MR) is 144 cm³/mol. The van der Waals surface area contributed by atoms with Crippen molar-refractivity contribution in [2.24, 2.45) is 0 Å². The summed E-state index contributed by atoms with van der Waals surface area (Å²) in [7, 11) is 1.63. The number of allylic oxidation sites excluding steroid dienone is 1. The fraction of sp³-hybridized carbons (Fsp3) is 0.179. The minimum atomic E-state index is -0.285. The van der Waals surface area contributed by atoms with Crippen LogP contribution >= 0.6 is 12.2 Å². The van der Waals surface area contributed by atoms with Crippen LogP contribution in [0.2, 0.25) is 0 Å². The summed E-state index contributed by atoms with van der Waals surface area (Å²) in [6.07, 6.45) is 0. The lowest BCUT2D eigenvalue weighted by atomic mass is 9.94. The SMILES string of the molecule is CCOc1ccc(C2NC(=S)N(c3ccccc3)C(C)=C2c2nc(-c3cccc(OC)c3)no2)cc1. The van der Waals surface area contributed by atoms with Crippen LogP contribution < -0.4 is 19.7 Å². The van der Waals surface area contributed by atoms with Crippen molar-refractivity contribution in [1.29, 1.82) is 0 Å². The number of thiocarbonyl (C=S) groups is 1. The van der Waals surface area contributed by atoms with Crippen LogP contribution in [0.3, 0.4) is 0 Å². The Bertz CT molecular complexity index is 1400. The number of aromatic nitrogens is 2. The van der Waals surface area contributed by atoms with Gasteiger partial charge in [-0.15, -0.1) is 0 Å². The van der Waals surface area contributed by atoms with Crippen molar-refractivity contribution in [1.82, 2.24) is 15.5 Å². The lowest BCUT2D eigenvalue weighted by molar-refractivity contribution is 0.340. The van der Waals surface area contributed by atoms with Crippen molar-refractivity contribution in [3.05, 3.63) is 96.0 Å². The normalized spacial score (nSPS) is 15.6. The highest BCUT2D eigenvalue weighted by molar-refractivity contribution is 7.80. The van der Waals surface area contributed by atoms with Gasteiger partial charge in [0.05, 0.1) is 25.3 Å². The maximum absolute atomic E-state index is 5.84. The fourth-order valence-corrected chi connectivity index (χ4v) is 4.65. The van der Waals surface area contributed by atoms with Crippen LogP contribution in [0.5, 0.6) is 11.5 Å². The Labute approximate surface area is 215 Å². The Morgan fingerprint density at radius 3 is 2.50 bits per heavy atom. The van der Waals surface area contributed by atoms with Gasteiger partial charge in [0, 0.05) is 16.9 Å². The van der Waals surface area contributed by atoms with Gasteiger partial charge in [-0.2, -0.15) is 4.98 Å². The van der Waals surface area contributed by atoms with Crippen LogP contribution in [-0.2, 0) is 0 Å². The zero-order chi connectivity index (χ0) is 25.1. The van der Waals surface area contributed by atoms with Crippen molar-refractivity contribution in [2.45, 2.75) is 19.9 Å². The molecule has 0 fully saturated rings. The predicted octanol–water partition coefficient (Wildman–Crippen LogP) is 6.01. The summed E-state index contributed by atoms with van der Waals surface area (Å²) in [6, 6.07) is 25.2. The average Bonchev–Trinajstić information content (AvgIpc) is 3.39. The van der Waals surface area contributed by atoms with Crippen LogP contribution in [0.1, 0.15) is 31.3 Å². The van der Waals surface area contributed by atoms with Crippen molar-refractivity contribution in [2.75, 3.05) is 18.6 Å². The quantitative estimate of drug-likeness (QED) is 0.311. The molecule has 7 nitrogen and oxygen atoms in total. The van der Waals surface area contributed by atoms with E-state index < -0.39 is 0 Å². The van der Waals surface area contributed by atoms with Gasteiger partial charge in [-0.3, -0.25) is 4.90 Å². The molecule has 1 aliphatic rings. The average molecular weight is 499 g/mol. The second-order valence-electron chi connectivity index (χ2n) is 8.21. The molecule has 182 valence electrons. The maximum Gasteiger partial charge on any atom is 0.258 e. The van der Waals surface area contributed by atoms with E-state index in [0.717, 1.165) is 39.6 Å². The van der Waals surface area contributed by atoms with Crippen molar-refractivity contribution < 1.29 is 14.0 Å². The van der Waals surface area contributed by atoms with Crippen molar-refractivity contribution in [3.8, 4) is 22.9 Å². The molecular weight excluding hydrogens is 472 g/mol. The Kier molecular flexibility index (Phi) is 6.69. The molecule has 1 atom stereocenters. The molecule has 0 saturated carbocycles. The molecule has 8 heteroatoms. The van der Waals surface area contributed by atoms with Gasteiger partial charge in [0.15, 0.2) is 5.11 Å². The molecule has 0 radical (unpaired) electrons. The second kappa shape index (κ2) is 10.2. The molecule has 5 rings (SSSR count). The topological polar surface area (TPSA) is 72.7 Å². The minimum Gasteiger partial charge on any atom is -0.497 e. The van der Waals surface area contributed by atoms with Crippen LogP contribution in [-0.4, -0.2) is 29.0 Å². The number of hydrogen-bond donors (Lipinski definition) is 1. The zero-order valence-corrected chi connectivity index (χ0v) is 21.1. The third kappa shape index (κ3) is 4.55. The summed E-state index contributed by atoms with van der Waals surface area (Å²) in [5.41, 5.74) is 4.51. The Hall–Kier alpha value is -4.17. The molecular formula is C28H26N4O3S. The summed E-state index contributed by atoms with van der Waals surface area (Å²) in [4.78, 5) is 6.77. The van der Waals surface area contributed by atoms with Gasteiger partial charge < -0.3 is 19.3 Å². The van der Waals surface area contributed by atoms with E-state index in [-0.39, 0.29) is 6.04 Å².